The molecule has 2 rings (SSSR count). The van der Waals surface area contributed by atoms with Crippen LogP contribution in [0.25, 0.3) is 0 Å². The van der Waals surface area contributed by atoms with E-state index in [1.165, 1.54) is 5.56 Å². The van der Waals surface area contributed by atoms with Crippen molar-refractivity contribution in [1.82, 2.24) is 0 Å². The largest absolute Gasteiger partial charge is 0.335 e. The van der Waals surface area contributed by atoms with E-state index in [1.807, 2.05) is 6.07 Å². The topological polar surface area (TPSA) is 24.4 Å². The lowest BCUT2D eigenvalue weighted by Crippen LogP contribution is -2.15. The highest BCUT2D eigenvalue weighted by molar-refractivity contribution is 9.10. The molecule has 1 aliphatic rings. The third kappa shape index (κ3) is 2.80. The highest BCUT2D eigenvalue weighted by Gasteiger charge is 2.25. The molecule has 0 unspecified atom stereocenters. The molecule has 1 aliphatic heterocycles. The number of halogens is 1. The Morgan fingerprint density at radius 3 is 2.81 bits per heavy atom. The van der Waals surface area contributed by atoms with E-state index >= 15 is 0 Å². The van der Waals surface area contributed by atoms with E-state index in [0.717, 1.165) is 21.1 Å². The van der Waals surface area contributed by atoms with Crippen LogP contribution in [0.2, 0.25) is 0 Å². The number of rotatable bonds is 1. The number of hydrogen-bond acceptors (Lipinski definition) is 3. The van der Waals surface area contributed by atoms with Gasteiger partial charge in [-0.05, 0) is 38.5 Å². The number of hydrogen-bond donors (Lipinski definition) is 1. The normalized spacial score (nSPS) is 18.4. The summed E-state index contributed by atoms with van der Waals surface area (Å²) in [6.45, 7) is 6.41. The summed E-state index contributed by atoms with van der Waals surface area (Å²) in [5.74, 6) is 1.04. The molecule has 1 N–H and O–H groups in total. The Kier molecular flexibility index (Phi) is 3.31. The van der Waals surface area contributed by atoms with Gasteiger partial charge in [0.25, 0.3) is 0 Å². The van der Waals surface area contributed by atoms with Crippen LogP contribution >= 0.6 is 27.7 Å². The van der Waals surface area contributed by atoms with Crippen molar-refractivity contribution in [3.63, 3.8) is 0 Å². The molecule has 0 fully saturated rings. The highest BCUT2D eigenvalue weighted by Crippen LogP contribution is 2.29. The molecule has 16 heavy (non-hydrogen) atoms. The van der Waals surface area contributed by atoms with Crippen LogP contribution in [-0.4, -0.2) is 16.5 Å². The number of aryl methyl sites for hydroxylation is 1. The molecule has 0 atom stereocenters. The van der Waals surface area contributed by atoms with Crippen LogP contribution in [0.4, 0.5) is 5.69 Å². The number of amidine groups is 1. The van der Waals surface area contributed by atoms with Crippen molar-refractivity contribution in [3.05, 3.63) is 28.2 Å². The lowest BCUT2D eigenvalue weighted by atomic mass is 10.1. The van der Waals surface area contributed by atoms with E-state index in [2.05, 4.69) is 59.1 Å². The standard InChI is InChI=1S/C12H15BrN2S/c1-8-4-5-9(13)6-10(8)14-11-15-12(2,3)7-16-11/h4-6H,7H2,1-3H3,(H,14,15). The molecule has 1 aromatic carbocycles. The minimum atomic E-state index is 0.0624. The second kappa shape index (κ2) is 4.41. The molecule has 0 saturated heterocycles. The maximum absolute atomic E-state index is 4.64. The number of aliphatic imine (C=N–C) groups is 1. The van der Waals surface area contributed by atoms with Gasteiger partial charge in [-0.25, -0.2) is 0 Å². The highest BCUT2D eigenvalue weighted by atomic mass is 79.9. The first-order valence-corrected chi connectivity index (χ1v) is 7.00. The van der Waals surface area contributed by atoms with Crippen molar-refractivity contribution >= 4 is 38.5 Å². The van der Waals surface area contributed by atoms with Gasteiger partial charge in [-0.15, -0.1) is 0 Å². The quantitative estimate of drug-likeness (QED) is 0.846. The first kappa shape index (κ1) is 12.0. The predicted octanol–water partition coefficient (Wildman–Crippen LogP) is 4.05. The Morgan fingerprint density at radius 2 is 2.19 bits per heavy atom. The van der Waals surface area contributed by atoms with Crippen LogP contribution in [0, 0.1) is 6.92 Å². The van der Waals surface area contributed by atoms with Crippen molar-refractivity contribution in [1.29, 1.82) is 0 Å². The molecule has 0 aromatic heterocycles. The van der Waals surface area contributed by atoms with Gasteiger partial charge >= 0.3 is 0 Å². The smallest absolute Gasteiger partial charge is 0.161 e. The average Bonchev–Trinajstić information content (AvgIpc) is 2.52. The number of nitrogens with one attached hydrogen (secondary N) is 1. The minimum Gasteiger partial charge on any atom is -0.335 e. The lowest BCUT2D eigenvalue weighted by molar-refractivity contribution is 0.605. The molecule has 1 aromatic rings. The van der Waals surface area contributed by atoms with Crippen LogP contribution in [0.5, 0.6) is 0 Å². The first-order chi connectivity index (χ1) is 7.46. The molecule has 4 heteroatoms. The van der Waals surface area contributed by atoms with Crippen molar-refractivity contribution < 1.29 is 0 Å². The zero-order chi connectivity index (χ0) is 11.8. The van der Waals surface area contributed by atoms with E-state index in [1.54, 1.807) is 11.8 Å². The zero-order valence-electron chi connectivity index (χ0n) is 9.67. The van der Waals surface area contributed by atoms with Gasteiger partial charge in [0.15, 0.2) is 5.17 Å². The Balaban J connectivity index is 2.19. The second-order valence-corrected chi connectivity index (χ2v) is 6.48. The Hall–Kier alpha value is -0.480. The van der Waals surface area contributed by atoms with Crippen molar-refractivity contribution in [3.8, 4) is 0 Å². The van der Waals surface area contributed by atoms with Crippen LogP contribution in [0.1, 0.15) is 19.4 Å². The minimum absolute atomic E-state index is 0.0624. The number of nitrogens with zero attached hydrogens (tertiary/aromatic N) is 1. The summed E-state index contributed by atoms with van der Waals surface area (Å²) in [6, 6.07) is 6.23. The van der Waals surface area contributed by atoms with Gasteiger partial charge in [0.05, 0.1) is 5.54 Å². The fourth-order valence-corrected chi connectivity index (χ4v) is 2.90. The van der Waals surface area contributed by atoms with E-state index in [4.69, 9.17) is 0 Å². The fourth-order valence-electron chi connectivity index (χ4n) is 1.49. The Labute approximate surface area is 109 Å². The van der Waals surface area contributed by atoms with Crippen molar-refractivity contribution in [2.75, 3.05) is 11.1 Å². The van der Waals surface area contributed by atoms with Crippen LogP contribution in [0.3, 0.4) is 0 Å². The van der Waals surface area contributed by atoms with Gasteiger partial charge in [-0.2, -0.15) is 0 Å². The summed E-state index contributed by atoms with van der Waals surface area (Å²) in [4.78, 5) is 4.64. The molecule has 0 saturated carbocycles. The molecule has 0 amide bonds. The third-order valence-electron chi connectivity index (χ3n) is 2.41. The van der Waals surface area contributed by atoms with E-state index in [-0.39, 0.29) is 5.54 Å². The summed E-state index contributed by atoms with van der Waals surface area (Å²) < 4.78 is 1.09. The second-order valence-electron chi connectivity index (χ2n) is 4.60. The molecule has 0 bridgehead atoms. The van der Waals surface area contributed by atoms with Crippen molar-refractivity contribution in [2.24, 2.45) is 4.99 Å². The van der Waals surface area contributed by atoms with Crippen LogP contribution in [-0.2, 0) is 0 Å². The Bertz CT molecular complexity index is 441. The molecule has 0 radical (unpaired) electrons. The molecular weight excluding hydrogens is 284 g/mol. The lowest BCUT2D eigenvalue weighted by Gasteiger charge is -2.10. The zero-order valence-corrected chi connectivity index (χ0v) is 12.1. The number of benzene rings is 1. The molecule has 0 aliphatic carbocycles. The van der Waals surface area contributed by atoms with E-state index in [0.29, 0.717) is 0 Å². The molecule has 86 valence electrons. The molecule has 2 nitrogen and oxygen atoms in total. The van der Waals surface area contributed by atoms with Crippen LogP contribution < -0.4 is 5.32 Å². The fraction of sp³-hybridized carbons (Fsp3) is 0.417. The summed E-state index contributed by atoms with van der Waals surface area (Å²) in [5, 5.41) is 4.41. The monoisotopic (exact) mass is 298 g/mol. The van der Waals surface area contributed by atoms with Gasteiger partial charge in [-0.1, -0.05) is 33.8 Å². The third-order valence-corrected chi connectivity index (χ3v) is 4.22. The summed E-state index contributed by atoms with van der Waals surface area (Å²) >= 11 is 5.26. The Morgan fingerprint density at radius 1 is 1.44 bits per heavy atom. The van der Waals surface area contributed by atoms with Gasteiger partial charge in [-0.3, -0.25) is 4.99 Å². The van der Waals surface area contributed by atoms with Gasteiger partial charge in [0.2, 0.25) is 0 Å². The number of thioether (sulfide) groups is 1. The average molecular weight is 299 g/mol. The molecule has 0 spiro atoms. The van der Waals surface area contributed by atoms with Crippen LogP contribution in [0.15, 0.2) is 27.7 Å². The van der Waals surface area contributed by atoms with Gasteiger partial charge in [0, 0.05) is 15.9 Å². The van der Waals surface area contributed by atoms with E-state index < -0.39 is 0 Å². The van der Waals surface area contributed by atoms with Gasteiger partial charge in [0.1, 0.15) is 0 Å². The SMILES string of the molecule is Cc1ccc(Br)cc1NC1=NC(C)(C)CS1. The van der Waals surface area contributed by atoms with Gasteiger partial charge < -0.3 is 5.32 Å². The van der Waals surface area contributed by atoms with Crippen molar-refractivity contribution in [2.45, 2.75) is 26.3 Å². The summed E-state index contributed by atoms with van der Waals surface area (Å²) in [7, 11) is 0. The summed E-state index contributed by atoms with van der Waals surface area (Å²) in [6.07, 6.45) is 0. The predicted molar refractivity (Wildman–Crippen MR) is 76.5 cm³/mol. The number of anilines is 1. The van der Waals surface area contributed by atoms with E-state index in [9.17, 15) is 0 Å². The maximum Gasteiger partial charge on any atom is 0.161 e. The molecule has 1 heterocycles. The summed E-state index contributed by atoms with van der Waals surface area (Å²) in [5.41, 5.74) is 2.42. The molecular formula is C12H15BrN2S. The maximum atomic E-state index is 4.64. The first-order valence-electron chi connectivity index (χ1n) is 5.22.